The molecule has 28 heavy (non-hydrogen) atoms. The number of fused-ring (bicyclic) bond motifs is 1. The number of aromatic nitrogens is 2. The second-order valence-electron chi connectivity index (χ2n) is 7.78. The molecule has 0 saturated carbocycles. The number of hydrogen-bond acceptors (Lipinski definition) is 4. The van der Waals surface area contributed by atoms with Crippen LogP contribution in [0.3, 0.4) is 0 Å². The van der Waals surface area contributed by atoms with E-state index in [2.05, 4.69) is 46.5 Å². The Hall–Kier alpha value is -2.28. The molecule has 0 atom stereocenters. The Morgan fingerprint density at radius 1 is 1.25 bits per heavy atom. The van der Waals surface area contributed by atoms with Gasteiger partial charge in [-0.1, -0.05) is 0 Å². The molecule has 0 N–H and O–H groups in total. The SMILES string of the molecule is COc1cc(/C=C/C(=O)N2CCc3c(cnn3C(C)(C)C)C2)cc(Br)c1OC. The molecule has 2 aromatic rings. The zero-order valence-electron chi connectivity index (χ0n) is 17.0. The van der Waals surface area contributed by atoms with Crippen molar-refractivity contribution in [2.75, 3.05) is 20.8 Å². The summed E-state index contributed by atoms with van der Waals surface area (Å²) in [5.74, 6) is 1.23. The van der Waals surface area contributed by atoms with Crippen molar-refractivity contribution in [1.82, 2.24) is 14.7 Å². The van der Waals surface area contributed by atoms with Gasteiger partial charge in [0.1, 0.15) is 0 Å². The van der Waals surface area contributed by atoms with Crippen molar-refractivity contribution < 1.29 is 14.3 Å². The van der Waals surface area contributed by atoms with Gasteiger partial charge in [-0.3, -0.25) is 9.48 Å². The summed E-state index contributed by atoms with van der Waals surface area (Å²) < 4.78 is 13.5. The lowest BCUT2D eigenvalue weighted by atomic mass is 10.0. The van der Waals surface area contributed by atoms with E-state index in [-0.39, 0.29) is 11.4 Å². The van der Waals surface area contributed by atoms with E-state index in [0.29, 0.717) is 24.6 Å². The molecule has 0 aliphatic carbocycles. The third kappa shape index (κ3) is 4.09. The number of nitrogens with zero attached hydrogens (tertiary/aromatic N) is 3. The summed E-state index contributed by atoms with van der Waals surface area (Å²) in [6, 6.07) is 3.74. The molecule has 0 bridgehead atoms. The first-order chi connectivity index (χ1) is 13.2. The highest BCUT2D eigenvalue weighted by Crippen LogP contribution is 2.36. The van der Waals surface area contributed by atoms with Gasteiger partial charge in [0, 0.05) is 36.8 Å². The van der Waals surface area contributed by atoms with E-state index in [1.165, 1.54) is 5.69 Å². The molecule has 1 aliphatic heterocycles. The van der Waals surface area contributed by atoms with Crippen LogP contribution < -0.4 is 9.47 Å². The van der Waals surface area contributed by atoms with Crippen LogP contribution in [0.25, 0.3) is 6.08 Å². The van der Waals surface area contributed by atoms with E-state index in [0.717, 1.165) is 22.0 Å². The van der Waals surface area contributed by atoms with E-state index >= 15 is 0 Å². The normalized spacial score (nSPS) is 14.3. The second-order valence-corrected chi connectivity index (χ2v) is 8.63. The van der Waals surface area contributed by atoms with E-state index in [1.807, 2.05) is 23.2 Å². The van der Waals surface area contributed by atoms with Crippen molar-refractivity contribution in [2.24, 2.45) is 0 Å². The van der Waals surface area contributed by atoms with Crippen LogP contribution in [0, 0.1) is 0 Å². The molecule has 0 radical (unpaired) electrons. The van der Waals surface area contributed by atoms with Gasteiger partial charge in [0.15, 0.2) is 11.5 Å². The standard InChI is InChI=1S/C21H26BrN3O3/c1-21(2,3)25-17-8-9-24(13-15(17)12-23-25)19(26)7-6-14-10-16(22)20(28-5)18(11-14)27-4/h6-7,10-12H,8-9,13H2,1-5H3/b7-6+. The molecule has 1 amide bonds. The lowest BCUT2D eigenvalue weighted by Crippen LogP contribution is -2.36. The van der Waals surface area contributed by atoms with Crippen LogP contribution in [-0.4, -0.2) is 41.4 Å². The van der Waals surface area contributed by atoms with E-state index < -0.39 is 0 Å². The zero-order chi connectivity index (χ0) is 20.5. The Bertz CT molecular complexity index is 912. The van der Waals surface area contributed by atoms with Crippen molar-refractivity contribution in [2.45, 2.75) is 39.3 Å². The fraction of sp³-hybridized carbons (Fsp3) is 0.429. The van der Waals surface area contributed by atoms with Crippen LogP contribution in [0.1, 0.15) is 37.6 Å². The van der Waals surface area contributed by atoms with E-state index in [4.69, 9.17) is 9.47 Å². The minimum absolute atomic E-state index is 0.0138. The summed E-state index contributed by atoms with van der Waals surface area (Å²) in [6.45, 7) is 7.70. The molecular formula is C21H26BrN3O3. The summed E-state index contributed by atoms with van der Waals surface area (Å²) in [5, 5.41) is 4.53. The molecule has 2 heterocycles. The second kappa shape index (κ2) is 7.99. The van der Waals surface area contributed by atoms with Gasteiger partial charge >= 0.3 is 0 Å². The van der Waals surface area contributed by atoms with Crippen LogP contribution in [0.4, 0.5) is 0 Å². The Balaban J connectivity index is 1.74. The van der Waals surface area contributed by atoms with Gasteiger partial charge in [0.2, 0.25) is 5.91 Å². The number of carbonyl (C=O) groups is 1. The lowest BCUT2D eigenvalue weighted by molar-refractivity contribution is -0.126. The summed E-state index contributed by atoms with van der Waals surface area (Å²) in [4.78, 5) is 14.5. The van der Waals surface area contributed by atoms with Crippen molar-refractivity contribution in [1.29, 1.82) is 0 Å². The number of methoxy groups -OCH3 is 2. The summed E-state index contributed by atoms with van der Waals surface area (Å²) in [5.41, 5.74) is 3.15. The predicted molar refractivity (Wildman–Crippen MR) is 113 cm³/mol. The number of benzene rings is 1. The maximum Gasteiger partial charge on any atom is 0.246 e. The predicted octanol–water partition coefficient (Wildman–Crippen LogP) is 4.02. The fourth-order valence-electron chi connectivity index (χ4n) is 3.40. The van der Waals surface area contributed by atoms with Gasteiger partial charge in [0.25, 0.3) is 0 Å². The monoisotopic (exact) mass is 447 g/mol. The van der Waals surface area contributed by atoms with Crippen LogP contribution >= 0.6 is 15.9 Å². The summed E-state index contributed by atoms with van der Waals surface area (Å²) in [6.07, 6.45) is 6.10. The Morgan fingerprint density at radius 3 is 2.64 bits per heavy atom. The Kier molecular flexibility index (Phi) is 5.84. The molecular weight excluding hydrogens is 422 g/mol. The number of carbonyl (C=O) groups excluding carboxylic acids is 1. The van der Waals surface area contributed by atoms with Crippen molar-refractivity contribution in [3.8, 4) is 11.5 Å². The molecule has 6 nitrogen and oxygen atoms in total. The van der Waals surface area contributed by atoms with Crippen LogP contribution in [0.5, 0.6) is 11.5 Å². The van der Waals surface area contributed by atoms with Crippen LogP contribution in [-0.2, 0) is 23.3 Å². The third-order valence-corrected chi connectivity index (χ3v) is 5.35. The Labute approximate surface area is 174 Å². The molecule has 3 rings (SSSR count). The minimum Gasteiger partial charge on any atom is -0.493 e. The van der Waals surface area contributed by atoms with E-state index in [9.17, 15) is 4.79 Å². The fourth-order valence-corrected chi connectivity index (χ4v) is 4.03. The summed E-state index contributed by atoms with van der Waals surface area (Å²) in [7, 11) is 3.18. The highest BCUT2D eigenvalue weighted by molar-refractivity contribution is 9.10. The molecule has 1 aromatic heterocycles. The largest absolute Gasteiger partial charge is 0.493 e. The first-order valence-electron chi connectivity index (χ1n) is 9.19. The maximum atomic E-state index is 12.7. The molecule has 7 heteroatoms. The third-order valence-electron chi connectivity index (χ3n) is 4.76. The molecule has 0 saturated heterocycles. The molecule has 150 valence electrons. The average Bonchev–Trinajstić information content (AvgIpc) is 3.09. The average molecular weight is 448 g/mol. The molecule has 0 spiro atoms. The number of amides is 1. The van der Waals surface area contributed by atoms with Gasteiger partial charge in [-0.2, -0.15) is 5.10 Å². The number of halogens is 1. The lowest BCUT2D eigenvalue weighted by Gasteiger charge is -2.29. The smallest absolute Gasteiger partial charge is 0.246 e. The quantitative estimate of drug-likeness (QED) is 0.664. The molecule has 0 unspecified atom stereocenters. The number of hydrogen-bond donors (Lipinski definition) is 0. The summed E-state index contributed by atoms with van der Waals surface area (Å²) >= 11 is 3.48. The van der Waals surface area contributed by atoms with Crippen molar-refractivity contribution in [3.05, 3.63) is 45.7 Å². The molecule has 1 aromatic carbocycles. The maximum absolute atomic E-state index is 12.7. The number of ether oxygens (including phenoxy) is 2. The Morgan fingerprint density at radius 2 is 2.00 bits per heavy atom. The first-order valence-corrected chi connectivity index (χ1v) is 9.98. The van der Waals surface area contributed by atoms with Crippen LogP contribution in [0.2, 0.25) is 0 Å². The van der Waals surface area contributed by atoms with Crippen molar-refractivity contribution in [3.63, 3.8) is 0 Å². The molecule has 1 aliphatic rings. The first kappa shape index (κ1) is 20.5. The van der Waals surface area contributed by atoms with E-state index in [1.54, 1.807) is 26.4 Å². The minimum atomic E-state index is -0.0551. The van der Waals surface area contributed by atoms with Gasteiger partial charge < -0.3 is 14.4 Å². The van der Waals surface area contributed by atoms with Gasteiger partial charge in [0.05, 0.1) is 30.4 Å². The topological polar surface area (TPSA) is 56.6 Å². The highest BCUT2D eigenvalue weighted by atomic mass is 79.9. The highest BCUT2D eigenvalue weighted by Gasteiger charge is 2.26. The van der Waals surface area contributed by atoms with Gasteiger partial charge in [-0.05, 0) is 60.5 Å². The van der Waals surface area contributed by atoms with Crippen LogP contribution in [0.15, 0.2) is 28.9 Å². The molecule has 0 fully saturated rings. The van der Waals surface area contributed by atoms with Crippen molar-refractivity contribution >= 4 is 27.9 Å². The van der Waals surface area contributed by atoms with Gasteiger partial charge in [-0.25, -0.2) is 0 Å². The number of rotatable bonds is 4. The zero-order valence-corrected chi connectivity index (χ0v) is 18.5. The van der Waals surface area contributed by atoms with Gasteiger partial charge in [-0.15, -0.1) is 0 Å².